The van der Waals surface area contributed by atoms with Crippen molar-refractivity contribution in [3.8, 4) is 0 Å². The molecule has 1 aliphatic rings. The van der Waals surface area contributed by atoms with Gasteiger partial charge < -0.3 is 16.0 Å². The van der Waals surface area contributed by atoms with Gasteiger partial charge >= 0.3 is 0 Å². The molecule has 3 atom stereocenters. The smallest absolute Gasteiger partial charge is 0.220 e. The van der Waals surface area contributed by atoms with E-state index in [1.807, 2.05) is 14.1 Å². The lowest BCUT2D eigenvalue weighted by atomic mass is 9.83. The van der Waals surface area contributed by atoms with Crippen LogP contribution in [0.1, 0.15) is 52.4 Å². The molecule has 0 aliphatic heterocycles. The number of likely N-dealkylation sites (N-methyl/N-ethyl adjacent to an activating group) is 1. The second-order valence-corrected chi connectivity index (χ2v) is 7.01. The minimum atomic E-state index is 0.199. The number of hydrogen-bond donors (Lipinski definition) is 2. The molecule has 4 heteroatoms. The summed E-state index contributed by atoms with van der Waals surface area (Å²) >= 11 is 0. The lowest BCUT2D eigenvalue weighted by Crippen LogP contribution is -2.45. The van der Waals surface area contributed by atoms with Gasteiger partial charge in [0.2, 0.25) is 5.91 Å². The summed E-state index contributed by atoms with van der Waals surface area (Å²) in [5.41, 5.74) is 6.00. The van der Waals surface area contributed by atoms with Gasteiger partial charge in [-0.2, -0.15) is 0 Å². The standard InChI is InChI=1S/C16H33N3O/c1-12(2)15(11-19(3)4)18-16(20)9-8-13-6-5-7-14(17)10-13/h12-15H,5-11,17H2,1-4H3,(H,18,20). The van der Waals surface area contributed by atoms with Crippen LogP contribution < -0.4 is 11.1 Å². The topological polar surface area (TPSA) is 58.4 Å². The summed E-state index contributed by atoms with van der Waals surface area (Å²) in [6.07, 6.45) is 6.36. The van der Waals surface area contributed by atoms with E-state index in [9.17, 15) is 4.79 Å². The first-order valence-electron chi connectivity index (χ1n) is 8.08. The van der Waals surface area contributed by atoms with Crippen molar-refractivity contribution in [3.05, 3.63) is 0 Å². The maximum Gasteiger partial charge on any atom is 0.220 e. The highest BCUT2D eigenvalue weighted by Gasteiger charge is 2.21. The number of rotatable bonds is 7. The predicted molar refractivity (Wildman–Crippen MR) is 84.5 cm³/mol. The molecular formula is C16H33N3O. The summed E-state index contributed by atoms with van der Waals surface area (Å²) in [5.74, 6) is 1.31. The Morgan fingerprint density at radius 1 is 1.35 bits per heavy atom. The molecule has 3 unspecified atom stereocenters. The Balaban J connectivity index is 2.30. The van der Waals surface area contributed by atoms with E-state index in [1.165, 1.54) is 12.8 Å². The Morgan fingerprint density at radius 3 is 2.60 bits per heavy atom. The first-order valence-corrected chi connectivity index (χ1v) is 8.08. The molecule has 1 fully saturated rings. The van der Waals surface area contributed by atoms with E-state index >= 15 is 0 Å². The summed E-state index contributed by atoms with van der Waals surface area (Å²) in [6, 6.07) is 0.597. The fourth-order valence-corrected chi connectivity index (χ4v) is 3.03. The molecule has 0 aromatic heterocycles. The van der Waals surface area contributed by atoms with Crippen LogP contribution in [0.15, 0.2) is 0 Å². The van der Waals surface area contributed by atoms with Crippen molar-refractivity contribution < 1.29 is 4.79 Å². The maximum atomic E-state index is 12.1. The highest BCUT2D eigenvalue weighted by molar-refractivity contribution is 5.76. The lowest BCUT2D eigenvalue weighted by Gasteiger charge is -2.28. The Kier molecular flexibility index (Phi) is 7.52. The number of carbonyl (C=O) groups is 1. The van der Waals surface area contributed by atoms with Gasteiger partial charge in [-0.15, -0.1) is 0 Å². The number of nitrogens with two attached hydrogens (primary N) is 1. The molecule has 0 bridgehead atoms. The molecule has 20 heavy (non-hydrogen) atoms. The summed E-state index contributed by atoms with van der Waals surface area (Å²) < 4.78 is 0. The van der Waals surface area contributed by atoms with Gasteiger partial charge in [0.25, 0.3) is 0 Å². The molecule has 0 aromatic rings. The molecule has 0 aromatic carbocycles. The molecule has 0 saturated heterocycles. The van der Waals surface area contributed by atoms with Gasteiger partial charge in [-0.1, -0.05) is 26.7 Å². The van der Waals surface area contributed by atoms with Crippen molar-refractivity contribution >= 4 is 5.91 Å². The molecule has 1 amide bonds. The van der Waals surface area contributed by atoms with E-state index in [-0.39, 0.29) is 11.9 Å². The Labute approximate surface area is 124 Å². The average Bonchev–Trinajstić information content (AvgIpc) is 2.35. The lowest BCUT2D eigenvalue weighted by molar-refractivity contribution is -0.122. The molecule has 0 radical (unpaired) electrons. The molecule has 3 N–H and O–H groups in total. The van der Waals surface area contributed by atoms with E-state index in [0.717, 1.165) is 25.8 Å². The van der Waals surface area contributed by atoms with Crippen LogP contribution in [0, 0.1) is 11.8 Å². The van der Waals surface area contributed by atoms with Gasteiger partial charge in [0, 0.05) is 25.0 Å². The quantitative estimate of drug-likeness (QED) is 0.751. The highest BCUT2D eigenvalue weighted by Crippen LogP contribution is 2.26. The number of hydrogen-bond acceptors (Lipinski definition) is 3. The van der Waals surface area contributed by atoms with Crippen molar-refractivity contribution in [3.63, 3.8) is 0 Å². The zero-order chi connectivity index (χ0) is 15.1. The molecule has 1 saturated carbocycles. The molecule has 0 heterocycles. The maximum absolute atomic E-state index is 12.1. The summed E-state index contributed by atoms with van der Waals surface area (Å²) in [7, 11) is 4.09. The second-order valence-electron chi connectivity index (χ2n) is 7.01. The van der Waals surface area contributed by atoms with Crippen LogP contribution in [0.25, 0.3) is 0 Å². The van der Waals surface area contributed by atoms with Crippen LogP contribution in [0.5, 0.6) is 0 Å². The van der Waals surface area contributed by atoms with Gasteiger partial charge in [-0.25, -0.2) is 0 Å². The Bertz CT molecular complexity index is 291. The molecular weight excluding hydrogens is 250 g/mol. The van der Waals surface area contributed by atoms with Crippen LogP contribution in [-0.2, 0) is 4.79 Å². The van der Waals surface area contributed by atoms with E-state index in [2.05, 4.69) is 24.1 Å². The van der Waals surface area contributed by atoms with E-state index < -0.39 is 0 Å². The predicted octanol–water partition coefficient (Wildman–Crippen LogP) is 1.99. The van der Waals surface area contributed by atoms with Crippen LogP contribution in [0.2, 0.25) is 0 Å². The first kappa shape index (κ1) is 17.4. The highest BCUT2D eigenvalue weighted by atomic mass is 16.1. The van der Waals surface area contributed by atoms with Crippen LogP contribution in [0.3, 0.4) is 0 Å². The summed E-state index contributed by atoms with van der Waals surface area (Å²) in [4.78, 5) is 14.2. The number of nitrogens with zero attached hydrogens (tertiary/aromatic N) is 1. The summed E-state index contributed by atoms with van der Waals surface area (Å²) in [6.45, 7) is 5.22. The third kappa shape index (κ3) is 6.71. The van der Waals surface area contributed by atoms with Crippen molar-refractivity contribution in [2.24, 2.45) is 17.6 Å². The zero-order valence-corrected chi connectivity index (χ0v) is 13.7. The molecule has 1 rings (SSSR count). The van der Waals surface area contributed by atoms with Crippen LogP contribution >= 0.6 is 0 Å². The van der Waals surface area contributed by atoms with Crippen molar-refractivity contribution in [2.75, 3.05) is 20.6 Å². The molecule has 4 nitrogen and oxygen atoms in total. The second kappa shape index (κ2) is 8.63. The van der Waals surface area contributed by atoms with Gasteiger partial charge in [0.1, 0.15) is 0 Å². The minimum Gasteiger partial charge on any atom is -0.352 e. The van der Waals surface area contributed by atoms with Gasteiger partial charge in [0.15, 0.2) is 0 Å². The Morgan fingerprint density at radius 2 is 2.05 bits per heavy atom. The summed E-state index contributed by atoms with van der Waals surface area (Å²) in [5, 5.41) is 3.19. The van der Waals surface area contributed by atoms with Crippen LogP contribution in [-0.4, -0.2) is 43.5 Å². The van der Waals surface area contributed by atoms with Crippen LogP contribution in [0.4, 0.5) is 0 Å². The van der Waals surface area contributed by atoms with Gasteiger partial charge in [-0.05, 0) is 45.2 Å². The third-order valence-corrected chi connectivity index (χ3v) is 4.32. The van der Waals surface area contributed by atoms with E-state index in [0.29, 0.717) is 24.3 Å². The third-order valence-electron chi connectivity index (χ3n) is 4.32. The molecule has 1 aliphatic carbocycles. The zero-order valence-electron chi connectivity index (χ0n) is 13.7. The van der Waals surface area contributed by atoms with E-state index in [1.54, 1.807) is 0 Å². The monoisotopic (exact) mass is 283 g/mol. The number of amides is 1. The fourth-order valence-electron chi connectivity index (χ4n) is 3.03. The van der Waals surface area contributed by atoms with Crippen molar-refractivity contribution in [2.45, 2.75) is 64.5 Å². The number of nitrogens with one attached hydrogen (secondary N) is 1. The normalized spacial score (nSPS) is 24.9. The first-order chi connectivity index (χ1) is 9.38. The largest absolute Gasteiger partial charge is 0.352 e. The fraction of sp³-hybridized carbons (Fsp3) is 0.938. The Hall–Kier alpha value is -0.610. The van der Waals surface area contributed by atoms with Crippen molar-refractivity contribution in [1.29, 1.82) is 0 Å². The minimum absolute atomic E-state index is 0.199. The van der Waals surface area contributed by atoms with E-state index in [4.69, 9.17) is 5.73 Å². The number of carbonyl (C=O) groups excluding carboxylic acids is 1. The van der Waals surface area contributed by atoms with Gasteiger partial charge in [0.05, 0.1) is 0 Å². The SMILES string of the molecule is CC(C)C(CN(C)C)NC(=O)CCC1CCCC(N)C1. The molecule has 118 valence electrons. The van der Waals surface area contributed by atoms with Crippen molar-refractivity contribution in [1.82, 2.24) is 10.2 Å². The average molecular weight is 283 g/mol. The van der Waals surface area contributed by atoms with Gasteiger partial charge in [-0.3, -0.25) is 4.79 Å². The molecule has 0 spiro atoms.